The predicted octanol–water partition coefficient (Wildman–Crippen LogP) is 3.27. The van der Waals surface area contributed by atoms with Gasteiger partial charge in [0.2, 0.25) is 5.91 Å². The Hall–Kier alpha value is -2.56. The Labute approximate surface area is 154 Å². The SMILES string of the molecule is CC(CCc1ccccc1)NC(=O)C1CCN(C(=O)c2ccoc2)CC1. The number of hydrogen-bond acceptors (Lipinski definition) is 3. The van der Waals surface area contributed by atoms with Crippen molar-refractivity contribution in [3.63, 3.8) is 0 Å². The molecule has 26 heavy (non-hydrogen) atoms. The van der Waals surface area contributed by atoms with Crippen LogP contribution in [0.3, 0.4) is 0 Å². The van der Waals surface area contributed by atoms with Crippen LogP contribution in [-0.4, -0.2) is 35.8 Å². The Kier molecular flexibility index (Phi) is 6.10. The molecule has 5 heteroatoms. The second-order valence-electron chi connectivity index (χ2n) is 7.01. The zero-order valence-electron chi connectivity index (χ0n) is 15.2. The van der Waals surface area contributed by atoms with E-state index in [1.165, 1.54) is 18.1 Å². The van der Waals surface area contributed by atoms with Gasteiger partial charge in [-0.3, -0.25) is 9.59 Å². The fourth-order valence-electron chi connectivity index (χ4n) is 3.37. The standard InChI is InChI=1S/C21H26N2O3/c1-16(7-8-17-5-3-2-4-6-17)22-20(24)18-9-12-23(13-10-18)21(25)19-11-14-26-15-19/h2-6,11,14-16,18H,7-10,12-13H2,1H3,(H,22,24). The highest BCUT2D eigenvalue weighted by Gasteiger charge is 2.28. The zero-order valence-corrected chi connectivity index (χ0v) is 15.2. The van der Waals surface area contributed by atoms with E-state index in [9.17, 15) is 9.59 Å². The molecule has 5 nitrogen and oxygen atoms in total. The van der Waals surface area contributed by atoms with E-state index in [0.717, 1.165) is 12.8 Å². The third-order valence-electron chi connectivity index (χ3n) is 5.02. The van der Waals surface area contributed by atoms with Crippen LogP contribution in [0.15, 0.2) is 53.3 Å². The Morgan fingerprint density at radius 2 is 1.92 bits per heavy atom. The lowest BCUT2D eigenvalue weighted by Crippen LogP contribution is -2.44. The maximum atomic E-state index is 12.5. The first kappa shape index (κ1) is 18.2. The first-order valence-corrected chi connectivity index (χ1v) is 9.29. The third-order valence-corrected chi connectivity index (χ3v) is 5.02. The summed E-state index contributed by atoms with van der Waals surface area (Å²) >= 11 is 0. The monoisotopic (exact) mass is 354 g/mol. The molecular formula is C21H26N2O3. The fraction of sp³-hybridized carbons (Fsp3) is 0.429. The van der Waals surface area contributed by atoms with Crippen molar-refractivity contribution in [3.05, 3.63) is 60.1 Å². The summed E-state index contributed by atoms with van der Waals surface area (Å²) in [6.45, 7) is 3.28. The molecule has 138 valence electrons. The minimum absolute atomic E-state index is 0.0115. The number of carbonyl (C=O) groups excluding carboxylic acids is 2. The number of furan rings is 1. The molecule has 2 amide bonds. The van der Waals surface area contributed by atoms with Crippen molar-refractivity contribution in [2.45, 2.75) is 38.6 Å². The average Bonchev–Trinajstić information content (AvgIpc) is 3.21. The van der Waals surface area contributed by atoms with Gasteiger partial charge in [0.05, 0.1) is 11.8 Å². The minimum atomic E-state index is -0.0196. The minimum Gasteiger partial charge on any atom is -0.472 e. The van der Waals surface area contributed by atoms with Gasteiger partial charge in [-0.15, -0.1) is 0 Å². The van der Waals surface area contributed by atoms with Gasteiger partial charge >= 0.3 is 0 Å². The number of piperidine rings is 1. The van der Waals surface area contributed by atoms with Gasteiger partial charge in [-0.1, -0.05) is 30.3 Å². The molecule has 0 saturated carbocycles. The number of amides is 2. The van der Waals surface area contributed by atoms with E-state index in [1.54, 1.807) is 11.0 Å². The van der Waals surface area contributed by atoms with Crippen LogP contribution in [0, 0.1) is 5.92 Å². The van der Waals surface area contributed by atoms with Crippen LogP contribution in [0.2, 0.25) is 0 Å². The second-order valence-corrected chi connectivity index (χ2v) is 7.01. The zero-order chi connectivity index (χ0) is 18.4. The molecular weight excluding hydrogens is 328 g/mol. The van der Waals surface area contributed by atoms with Crippen LogP contribution in [0.1, 0.15) is 42.1 Å². The molecule has 0 bridgehead atoms. The van der Waals surface area contributed by atoms with E-state index >= 15 is 0 Å². The fourth-order valence-corrected chi connectivity index (χ4v) is 3.37. The summed E-state index contributed by atoms with van der Waals surface area (Å²) in [4.78, 5) is 26.6. The van der Waals surface area contributed by atoms with Gasteiger partial charge in [-0.25, -0.2) is 0 Å². The first-order chi connectivity index (χ1) is 12.6. The summed E-state index contributed by atoms with van der Waals surface area (Å²) in [5, 5.41) is 3.13. The first-order valence-electron chi connectivity index (χ1n) is 9.29. The summed E-state index contributed by atoms with van der Waals surface area (Å²) in [5.41, 5.74) is 1.86. The molecule has 1 aliphatic rings. The number of nitrogens with one attached hydrogen (secondary N) is 1. The van der Waals surface area contributed by atoms with Crippen LogP contribution in [-0.2, 0) is 11.2 Å². The molecule has 1 saturated heterocycles. The van der Waals surface area contributed by atoms with Gasteiger partial charge < -0.3 is 14.6 Å². The maximum absolute atomic E-state index is 12.5. The lowest BCUT2D eigenvalue weighted by atomic mass is 9.95. The lowest BCUT2D eigenvalue weighted by molar-refractivity contribution is -0.126. The Balaban J connectivity index is 1.41. The summed E-state index contributed by atoms with van der Waals surface area (Å²) in [6.07, 6.45) is 6.27. The summed E-state index contributed by atoms with van der Waals surface area (Å²) in [6, 6.07) is 12.1. The normalized spacial score (nSPS) is 16.3. The number of aryl methyl sites for hydroxylation is 1. The maximum Gasteiger partial charge on any atom is 0.257 e. The van der Waals surface area contributed by atoms with Crippen LogP contribution in [0.5, 0.6) is 0 Å². The van der Waals surface area contributed by atoms with E-state index in [-0.39, 0.29) is 23.8 Å². The molecule has 1 aromatic carbocycles. The van der Waals surface area contributed by atoms with E-state index < -0.39 is 0 Å². The summed E-state index contributed by atoms with van der Waals surface area (Å²) in [5.74, 6) is 0.0809. The second kappa shape index (κ2) is 8.70. The van der Waals surface area contributed by atoms with E-state index in [4.69, 9.17) is 4.42 Å². The molecule has 2 aromatic rings. The lowest BCUT2D eigenvalue weighted by Gasteiger charge is -2.31. The average molecular weight is 354 g/mol. The molecule has 1 atom stereocenters. The Morgan fingerprint density at radius 3 is 2.58 bits per heavy atom. The van der Waals surface area contributed by atoms with Crippen LogP contribution in [0.25, 0.3) is 0 Å². The van der Waals surface area contributed by atoms with Gasteiger partial charge in [0, 0.05) is 25.0 Å². The van der Waals surface area contributed by atoms with E-state index in [1.807, 2.05) is 18.2 Å². The van der Waals surface area contributed by atoms with Gasteiger partial charge in [0.25, 0.3) is 5.91 Å². The summed E-state index contributed by atoms with van der Waals surface area (Å²) in [7, 11) is 0. The van der Waals surface area contributed by atoms with Crippen molar-refractivity contribution in [2.75, 3.05) is 13.1 Å². The molecule has 3 rings (SSSR count). The van der Waals surface area contributed by atoms with Crippen molar-refractivity contribution in [3.8, 4) is 0 Å². The van der Waals surface area contributed by atoms with Gasteiger partial charge in [0.1, 0.15) is 6.26 Å². The Morgan fingerprint density at radius 1 is 1.19 bits per heavy atom. The highest BCUT2D eigenvalue weighted by molar-refractivity contribution is 5.94. The third kappa shape index (κ3) is 4.75. The van der Waals surface area contributed by atoms with Crippen molar-refractivity contribution in [1.29, 1.82) is 0 Å². The molecule has 1 aromatic heterocycles. The van der Waals surface area contributed by atoms with Gasteiger partial charge in [-0.05, 0) is 44.2 Å². The molecule has 1 fully saturated rings. The van der Waals surface area contributed by atoms with Crippen molar-refractivity contribution in [2.24, 2.45) is 5.92 Å². The van der Waals surface area contributed by atoms with Crippen LogP contribution < -0.4 is 5.32 Å². The largest absolute Gasteiger partial charge is 0.472 e. The predicted molar refractivity (Wildman–Crippen MR) is 99.7 cm³/mol. The number of rotatable bonds is 6. The van der Waals surface area contributed by atoms with Crippen molar-refractivity contribution >= 4 is 11.8 Å². The highest BCUT2D eigenvalue weighted by Crippen LogP contribution is 2.20. The molecule has 0 radical (unpaired) electrons. The molecule has 1 aliphatic heterocycles. The number of carbonyl (C=O) groups is 2. The van der Waals surface area contributed by atoms with Crippen molar-refractivity contribution in [1.82, 2.24) is 10.2 Å². The number of benzene rings is 1. The van der Waals surface area contributed by atoms with E-state index in [0.29, 0.717) is 31.5 Å². The highest BCUT2D eigenvalue weighted by atomic mass is 16.3. The molecule has 0 aliphatic carbocycles. The molecule has 0 spiro atoms. The quantitative estimate of drug-likeness (QED) is 0.866. The number of likely N-dealkylation sites (tertiary alicyclic amines) is 1. The van der Waals surface area contributed by atoms with Crippen LogP contribution >= 0.6 is 0 Å². The Bertz CT molecular complexity index is 704. The molecule has 1 N–H and O–H groups in total. The van der Waals surface area contributed by atoms with Crippen LogP contribution in [0.4, 0.5) is 0 Å². The molecule has 2 heterocycles. The number of nitrogens with zero attached hydrogens (tertiary/aromatic N) is 1. The van der Waals surface area contributed by atoms with E-state index in [2.05, 4.69) is 24.4 Å². The van der Waals surface area contributed by atoms with Crippen molar-refractivity contribution < 1.29 is 14.0 Å². The summed E-state index contributed by atoms with van der Waals surface area (Å²) < 4.78 is 4.97. The van der Waals surface area contributed by atoms with Gasteiger partial charge in [-0.2, -0.15) is 0 Å². The van der Waals surface area contributed by atoms with Gasteiger partial charge in [0.15, 0.2) is 0 Å². The number of hydrogen-bond donors (Lipinski definition) is 1. The molecule has 1 unspecified atom stereocenters. The topological polar surface area (TPSA) is 62.6 Å². The smallest absolute Gasteiger partial charge is 0.257 e.